The Morgan fingerprint density at radius 2 is 1.90 bits per heavy atom. The van der Waals surface area contributed by atoms with Gasteiger partial charge in [0, 0.05) is 12.8 Å². The van der Waals surface area contributed by atoms with Crippen LogP contribution in [0.1, 0.15) is 51.2 Å². The van der Waals surface area contributed by atoms with E-state index in [-0.39, 0.29) is 24.9 Å². The van der Waals surface area contributed by atoms with E-state index < -0.39 is 12.0 Å². The third-order valence-electron chi connectivity index (χ3n) is 3.78. The van der Waals surface area contributed by atoms with Crippen molar-refractivity contribution >= 4 is 0 Å². The van der Waals surface area contributed by atoms with E-state index in [0.29, 0.717) is 18.6 Å². The SMILES string of the molecule is CC(C)Oc1cccc(C(O)C2CCC(F)(F)CC2)c1. The number of benzene rings is 1. The van der Waals surface area contributed by atoms with Crippen LogP contribution in [0.5, 0.6) is 5.75 Å². The van der Waals surface area contributed by atoms with Crippen molar-refractivity contribution in [1.82, 2.24) is 0 Å². The molecule has 0 aliphatic heterocycles. The van der Waals surface area contributed by atoms with Crippen LogP contribution in [0.25, 0.3) is 0 Å². The molecule has 0 saturated heterocycles. The first kappa shape index (κ1) is 15.2. The van der Waals surface area contributed by atoms with Gasteiger partial charge >= 0.3 is 0 Å². The molecule has 0 amide bonds. The minimum atomic E-state index is -2.56. The summed E-state index contributed by atoms with van der Waals surface area (Å²) in [5.41, 5.74) is 0.748. The van der Waals surface area contributed by atoms with Gasteiger partial charge in [-0.05, 0) is 50.3 Å². The van der Waals surface area contributed by atoms with Gasteiger partial charge in [-0.1, -0.05) is 12.1 Å². The first-order valence-corrected chi connectivity index (χ1v) is 7.20. The molecule has 0 spiro atoms. The van der Waals surface area contributed by atoms with E-state index in [1.54, 1.807) is 6.07 Å². The fraction of sp³-hybridized carbons (Fsp3) is 0.625. The number of halogens is 2. The van der Waals surface area contributed by atoms with Crippen molar-refractivity contribution in [2.75, 3.05) is 0 Å². The van der Waals surface area contributed by atoms with E-state index >= 15 is 0 Å². The zero-order chi connectivity index (χ0) is 14.8. The largest absolute Gasteiger partial charge is 0.491 e. The maximum absolute atomic E-state index is 13.1. The number of ether oxygens (including phenoxy) is 1. The summed E-state index contributed by atoms with van der Waals surface area (Å²) in [4.78, 5) is 0. The number of alkyl halides is 2. The van der Waals surface area contributed by atoms with Crippen molar-refractivity contribution in [3.63, 3.8) is 0 Å². The molecule has 2 rings (SSSR count). The number of aliphatic hydroxyl groups excluding tert-OH is 1. The lowest BCUT2D eigenvalue weighted by Crippen LogP contribution is -2.27. The lowest BCUT2D eigenvalue weighted by Gasteiger charge is -2.31. The Morgan fingerprint density at radius 3 is 2.50 bits per heavy atom. The van der Waals surface area contributed by atoms with Crippen LogP contribution in [0, 0.1) is 5.92 Å². The lowest BCUT2D eigenvalue weighted by atomic mass is 9.81. The van der Waals surface area contributed by atoms with Crippen LogP contribution >= 0.6 is 0 Å². The Labute approximate surface area is 118 Å². The molecule has 1 atom stereocenters. The summed E-state index contributed by atoms with van der Waals surface area (Å²) in [6.45, 7) is 3.87. The van der Waals surface area contributed by atoms with Crippen molar-refractivity contribution in [3.8, 4) is 5.75 Å². The number of aliphatic hydroxyl groups is 1. The van der Waals surface area contributed by atoms with Crippen molar-refractivity contribution < 1.29 is 18.6 Å². The molecule has 0 heterocycles. The Hall–Kier alpha value is -1.16. The minimum Gasteiger partial charge on any atom is -0.491 e. The first-order valence-electron chi connectivity index (χ1n) is 7.20. The summed E-state index contributed by atoms with van der Waals surface area (Å²) in [6.07, 6.45) is -0.154. The van der Waals surface area contributed by atoms with E-state index in [4.69, 9.17) is 4.74 Å². The quantitative estimate of drug-likeness (QED) is 0.891. The Bertz CT molecular complexity index is 436. The molecule has 4 heteroatoms. The second kappa shape index (κ2) is 6.08. The molecule has 1 unspecified atom stereocenters. The van der Waals surface area contributed by atoms with Gasteiger partial charge < -0.3 is 9.84 Å². The maximum atomic E-state index is 13.1. The first-order chi connectivity index (χ1) is 9.37. The number of rotatable bonds is 4. The average Bonchev–Trinajstić information content (AvgIpc) is 2.37. The highest BCUT2D eigenvalue weighted by Gasteiger charge is 2.37. The number of hydrogen-bond acceptors (Lipinski definition) is 2. The summed E-state index contributed by atoms with van der Waals surface area (Å²) in [6, 6.07) is 7.29. The molecule has 1 N–H and O–H groups in total. The second-order valence-corrected chi connectivity index (χ2v) is 5.88. The van der Waals surface area contributed by atoms with Gasteiger partial charge in [-0.2, -0.15) is 0 Å². The van der Waals surface area contributed by atoms with Crippen molar-refractivity contribution in [2.45, 2.75) is 57.7 Å². The molecule has 0 radical (unpaired) electrons. The highest BCUT2D eigenvalue weighted by molar-refractivity contribution is 5.30. The Morgan fingerprint density at radius 1 is 1.25 bits per heavy atom. The molecule has 1 aliphatic rings. The van der Waals surface area contributed by atoms with E-state index in [2.05, 4.69) is 0 Å². The van der Waals surface area contributed by atoms with Crippen LogP contribution in [-0.4, -0.2) is 17.1 Å². The fourth-order valence-electron chi connectivity index (χ4n) is 2.69. The van der Waals surface area contributed by atoms with Crippen LogP contribution in [0.3, 0.4) is 0 Å². The van der Waals surface area contributed by atoms with Crippen LogP contribution < -0.4 is 4.74 Å². The molecule has 1 aromatic rings. The third kappa shape index (κ3) is 3.92. The van der Waals surface area contributed by atoms with Crippen molar-refractivity contribution in [2.24, 2.45) is 5.92 Å². The van der Waals surface area contributed by atoms with Gasteiger partial charge in [-0.25, -0.2) is 8.78 Å². The fourth-order valence-corrected chi connectivity index (χ4v) is 2.69. The van der Waals surface area contributed by atoms with E-state index in [9.17, 15) is 13.9 Å². The van der Waals surface area contributed by atoms with Crippen LogP contribution in [0.4, 0.5) is 8.78 Å². The molecule has 1 saturated carbocycles. The van der Waals surface area contributed by atoms with Gasteiger partial charge in [0.1, 0.15) is 5.75 Å². The monoisotopic (exact) mass is 284 g/mol. The molecule has 20 heavy (non-hydrogen) atoms. The summed E-state index contributed by atoms with van der Waals surface area (Å²) in [5, 5.41) is 10.4. The van der Waals surface area contributed by atoms with E-state index in [1.807, 2.05) is 32.0 Å². The highest BCUT2D eigenvalue weighted by atomic mass is 19.3. The van der Waals surface area contributed by atoms with Gasteiger partial charge in [0.05, 0.1) is 12.2 Å². The Kier molecular flexibility index (Phi) is 4.63. The molecule has 2 nitrogen and oxygen atoms in total. The van der Waals surface area contributed by atoms with E-state index in [0.717, 1.165) is 5.56 Å². The zero-order valence-electron chi connectivity index (χ0n) is 12.0. The smallest absolute Gasteiger partial charge is 0.248 e. The van der Waals surface area contributed by atoms with E-state index in [1.165, 1.54) is 0 Å². The van der Waals surface area contributed by atoms with Gasteiger partial charge in [0.2, 0.25) is 5.92 Å². The molecule has 1 aromatic carbocycles. The minimum absolute atomic E-state index is 0.0655. The Balaban J connectivity index is 2.04. The summed E-state index contributed by atoms with van der Waals surface area (Å²) in [7, 11) is 0. The topological polar surface area (TPSA) is 29.5 Å². The van der Waals surface area contributed by atoms with Crippen LogP contribution in [0.15, 0.2) is 24.3 Å². The second-order valence-electron chi connectivity index (χ2n) is 5.88. The van der Waals surface area contributed by atoms with Crippen LogP contribution in [0.2, 0.25) is 0 Å². The van der Waals surface area contributed by atoms with Gasteiger partial charge in [-0.15, -0.1) is 0 Å². The molecular formula is C16H22F2O2. The van der Waals surface area contributed by atoms with Gasteiger partial charge in [-0.3, -0.25) is 0 Å². The molecule has 1 aliphatic carbocycles. The normalized spacial score (nSPS) is 20.9. The predicted molar refractivity (Wildman–Crippen MR) is 74.1 cm³/mol. The number of hydrogen-bond donors (Lipinski definition) is 1. The molecule has 0 bridgehead atoms. The van der Waals surface area contributed by atoms with Crippen molar-refractivity contribution in [1.29, 1.82) is 0 Å². The zero-order valence-corrected chi connectivity index (χ0v) is 12.0. The maximum Gasteiger partial charge on any atom is 0.248 e. The van der Waals surface area contributed by atoms with Gasteiger partial charge in [0.25, 0.3) is 0 Å². The summed E-state index contributed by atoms with van der Waals surface area (Å²) >= 11 is 0. The summed E-state index contributed by atoms with van der Waals surface area (Å²) in [5.74, 6) is -1.94. The molecule has 1 fully saturated rings. The third-order valence-corrected chi connectivity index (χ3v) is 3.78. The molecule has 112 valence electrons. The van der Waals surface area contributed by atoms with Gasteiger partial charge in [0.15, 0.2) is 0 Å². The summed E-state index contributed by atoms with van der Waals surface area (Å²) < 4.78 is 31.9. The highest BCUT2D eigenvalue weighted by Crippen LogP contribution is 2.41. The van der Waals surface area contributed by atoms with Crippen LogP contribution in [-0.2, 0) is 0 Å². The standard InChI is InChI=1S/C16H22F2O2/c1-11(2)20-14-5-3-4-13(10-14)15(19)12-6-8-16(17,18)9-7-12/h3-5,10-12,15,19H,6-9H2,1-2H3. The average molecular weight is 284 g/mol. The molecule has 0 aromatic heterocycles. The lowest BCUT2D eigenvalue weighted by molar-refractivity contribution is -0.0627. The molecular weight excluding hydrogens is 262 g/mol. The predicted octanol–water partition coefficient (Wildman–Crippen LogP) is 4.33. The van der Waals surface area contributed by atoms with Crippen molar-refractivity contribution in [3.05, 3.63) is 29.8 Å².